The van der Waals surface area contributed by atoms with Gasteiger partial charge in [0.2, 0.25) is 5.91 Å². The Hall–Kier alpha value is -1.39. The molecule has 0 aromatic carbocycles. The van der Waals surface area contributed by atoms with Crippen LogP contribution in [0.1, 0.15) is 71.1 Å². The maximum atomic E-state index is 11.7. The standard InChI is InChI=1S/C25H41NO3/c1-5-7-14-25(29,6-2)15-10-12-21-22-17-19(16-20(22)18-23(21)27)11-8-9-13-24(28)26(3)4/h6,10,12,16,20-23,27,29H,2,5,7-9,11,13-15,17-18H2,1,3-4H3/t20-,21+,22-,23+,25+/m0/s1. The molecule has 164 valence electrons. The van der Waals surface area contributed by atoms with Crippen molar-refractivity contribution in [2.24, 2.45) is 17.8 Å². The Morgan fingerprint density at radius 1 is 1.34 bits per heavy atom. The molecule has 4 nitrogen and oxygen atoms in total. The van der Waals surface area contributed by atoms with Crippen LogP contribution in [-0.2, 0) is 4.79 Å². The van der Waals surface area contributed by atoms with Gasteiger partial charge >= 0.3 is 0 Å². The second-order valence-corrected chi connectivity index (χ2v) is 9.28. The second kappa shape index (κ2) is 11.1. The molecule has 0 unspecified atom stereocenters. The van der Waals surface area contributed by atoms with Crippen LogP contribution in [0.4, 0.5) is 0 Å². The molecule has 0 saturated heterocycles. The van der Waals surface area contributed by atoms with E-state index in [0.717, 1.165) is 51.4 Å². The normalized spacial score (nSPS) is 28.2. The monoisotopic (exact) mass is 403 g/mol. The first-order valence-corrected chi connectivity index (χ1v) is 11.4. The van der Waals surface area contributed by atoms with Crippen LogP contribution in [0.5, 0.6) is 0 Å². The van der Waals surface area contributed by atoms with Gasteiger partial charge in [-0.2, -0.15) is 0 Å². The van der Waals surface area contributed by atoms with Crippen molar-refractivity contribution in [3.63, 3.8) is 0 Å². The van der Waals surface area contributed by atoms with Crippen molar-refractivity contribution in [3.8, 4) is 0 Å². The second-order valence-electron chi connectivity index (χ2n) is 9.28. The van der Waals surface area contributed by atoms with Gasteiger partial charge in [-0.05, 0) is 56.8 Å². The lowest BCUT2D eigenvalue weighted by Crippen LogP contribution is -2.24. The van der Waals surface area contributed by atoms with E-state index < -0.39 is 5.60 Å². The highest BCUT2D eigenvalue weighted by Crippen LogP contribution is 2.48. The molecule has 1 fully saturated rings. The molecule has 0 heterocycles. The van der Waals surface area contributed by atoms with Crippen molar-refractivity contribution in [2.75, 3.05) is 14.1 Å². The Morgan fingerprint density at radius 3 is 2.76 bits per heavy atom. The Morgan fingerprint density at radius 2 is 2.10 bits per heavy atom. The predicted octanol–water partition coefficient (Wildman–Crippen LogP) is 4.63. The highest BCUT2D eigenvalue weighted by Gasteiger charge is 2.43. The first kappa shape index (κ1) is 23.9. The Labute approximate surface area is 177 Å². The number of carbonyl (C=O) groups is 1. The van der Waals surface area contributed by atoms with Gasteiger partial charge in [0.05, 0.1) is 11.7 Å². The quantitative estimate of drug-likeness (QED) is 0.369. The molecule has 2 rings (SSSR count). The van der Waals surface area contributed by atoms with Crippen LogP contribution in [0, 0.1) is 17.8 Å². The largest absolute Gasteiger partial charge is 0.392 e. The van der Waals surface area contributed by atoms with Crippen LogP contribution in [0.3, 0.4) is 0 Å². The van der Waals surface area contributed by atoms with E-state index in [1.165, 1.54) is 5.57 Å². The third-order valence-corrected chi connectivity index (χ3v) is 6.76. The number of aliphatic hydroxyl groups excluding tert-OH is 1. The van der Waals surface area contributed by atoms with Gasteiger partial charge in [0.15, 0.2) is 0 Å². The highest BCUT2D eigenvalue weighted by molar-refractivity contribution is 5.75. The smallest absolute Gasteiger partial charge is 0.222 e. The third-order valence-electron chi connectivity index (χ3n) is 6.76. The summed E-state index contributed by atoms with van der Waals surface area (Å²) in [4.78, 5) is 13.3. The van der Waals surface area contributed by atoms with E-state index in [9.17, 15) is 15.0 Å². The van der Waals surface area contributed by atoms with E-state index in [2.05, 4.69) is 31.7 Å². The first-order valence-electron chi connectivity index (χ1n) is 11.4. The number of nitrogens with zero attached hydrogens (tertiary/aromatic N) is 1. The van der Waals surface area contributed by atoms with Gasteiger partial charge < -0.3 is 15.1 Å². The number of allylic oxidation sites excluding steroid dienone is 2. The van der Waals surface area contributed by atoms with Crippen LogP contribution in [0.25, 0.3) is 0 Å². The van der Waals surface area contributed by atoms with E-state index in [1.807, 2.05) is 14.1 Å². The molecule has 5 atom stereocenters. The Balaban J connectivity index is 1.82. The van der Waals surface area contributed by atoms with E-state index >= 15 is 0 Å². The number of unbranched alkanes of at least 4 members (excludes halogenated alkanes) is 2. The first-order chi connectivity index (χ1) is 13.8. The van der Waals surface area contributed by atoms with Gasteiger partial charge in [-0.15, -0.1) is 6.58 Å². The van der Waals surface area contributed by atoms with Crippen LogP contribution in [0.15, 0.2) is 36.5 Å². The molecule has 0 bridgehead atoms. The zero-order valence-electron chi connectivity index (χ0n) is 18.6. The SMILES string of the molecule is C=C[C@](O)(CC=C[C@@H]1[C@H]2CC(CCCCC(=O)N(C)C)=C[C@H]2C[C@H]1O)CCCC. The molecule has 1 amide bonds. The maximum Gasteiger partial charge on any atom is 0.222 e. The number of hydrogen-bond donors (Lipinski definition) is 2. The molecule has 2 aliphatic carbocycles. The summed E-state index contributed by atoms with van der Waals surface area (Å²) in [6.45, 7) is 5.93. The van der Waals surface area contributed by atoms with E-state index in [-0.39, 0.29) is 17.9 Å². The molecular weight excluding hydrogens is 362 g/mol. The number of amides is 1. The molecule has 1 saturated carbocycles. The number of aliphatic hydroxyl groups is 2. The molecule has 0 aliphatic heterocycles. The van der Waals surface area contributed by atoms with Crippen molar-refractivity contribution in [1.82, 2.24) is 4.90 Å². The molecule has 2 N–H and O–H groups in total. The summed E-state index contributed by atoms with van der Waals surface area (Å²) in [5.41, 5.74) is 0.659. The van der Waals surface area contributed by atoms with Crippen molar-refractivity contribution >= 4 is 5.91 Å². The van der Waals surface area contributed by atoms with Crippen molar-refractivity contribution in [2.45, 2.75) is 82.8 Å². The van der Waals surface area contributed by atoms with Gasteiger partial charge in [0.1, 0.15) is 0 Å². The minimum atomic E-state index is -0.835. The van der Waals surface area contributed by atoms with Gasteiger partial charge in [-0.3, -0.25) is 4.79 Å². The van der Waals surface area contributed by atoms with Crippen LogP contribution >= 0.6 is 0 Å². The summed E-state index contributed by atoms with van der Waals surface area (Å²) in [6, 6.07) is 0. The maximum absolute atomic E-state index is 11.7. The summed E-state index contributed by atoms with van der Waals surface area (Å²) in [7, 11) is 3.61. The summed E-state index contributed by atoms with van der Waals surface area (Å²) in [6.07, 6.45) is 16.9. The minimum absolute atomic E-state index is 0.171. The number of rotatable bonds is 12. The van der Waals surface area contributed by atoms with Crippen LogP contribution < -0.4 is 0 Å². The number of hydrogen-bond acceptors (Lipinski definition) is 3. The lowest BCUT2D eigenvalue weighted by Gasteiger charge is -2.23. The van der Waals surface area contributed by atoms with Crippen molar-refractivity contribution in [1.29, 1.82) is 0 Å². The Bertz CT molecular complexity index is 609. The van der Waals surface area contributed by atoms with Crippen molar-refractivity contribution < 1.29 is 15.0 Å². The molecule has 2 aliphatic rings. The van der Waals surface area contributed by atoms with Crippen LogP contribution in [-0.4, -0.2) is 46.8 Å². The summed E-state index contributed by atoms with van der Waals surface area (Å²) in [5, 5.41) is 21.2. The third kappa shape index (κ3) is 6.82. The highest BCUT2D eigenvalue weighted by atomic mass is 16.3. The van der Waals surface area contributed by atoms with Gasteiger partial charge in [-0.25, -0.2) is 0 Å². The predicted molar refractivity (Wildman–Crippen MR) is 119 cm³/mol. The van der Waals surface area contributed by atoms with E-state index in [1.54, 1.807) is 11.0 Å². The molecular formula is C25H41NO3. The zero-order valence-corrected chi connectivity index (χ0v) is 18.6. The molecule has 0 aromatic rings. The van der Waals surface area contributed by atoms with Crippen LogP contribution in [0.2, 0.25) is 0 Å². The Kier molecular flexibility index (Phi) is 9.16. The lowest BCUT2D eigenvalue weighted by atomic mass is 9.87. The topological polar surface area (TPSA) is 60.8 Å². The zero-order chi connectivity index (χ0) is 21.4. The lowest BCUT2D eigenvalue weighted by molar-refractivity contribution is -0.128. The molecule has 0 spiro atoms. The number of fused-ring (bicyclic) bond motifs is 1. The molecule has 4 heteroatoms. The fourth-order valence-corrected chi connectivity index (χ4v) is 4.84. The average Bonchev–Trinajstić information content (AvgIpc) is 3.20. The number of carbonyl (C=O) groups excluding carboxylic acids is 1. The molecule has 0 radical (unpaired) electrons. The average molecular weight is 404 g/mol. The van der Waals surface area contributed by atoms with E-state index in [4.69, 9.17) is 0 Å². The fourth-order valence-electron chi connectivity index (χ4n) is 4.84. The van der Waals surface area contributed by atoms with Gasteiger partial charge in [-0.1, -0.05) is 49.6 Å². The summed E-state index contributed by atoms with van der Waals surface area (Å²) >= 11 is 0. The van der Waals surface area contributed by atoms with E-state index in [0.29, 0.717) is 24.7 Å². The molecule has 0 aromatic heterocycles. The van der Waals surface area contributed by atoms with Crippen molar-refractivity contribution in [3.05, 3.63) is 36.5 Å². The summed E-state index contributed by atoms with van der Waals surface area (Å²) < 4.78 is 0. The summed E-state index contributed by atoms with van der Waals surface area (Å²) in [5.74, 6) is 1.32. The van der Waals surface area contributed by atoms with Gasteiger partial charge in [0.25, 0.3) is 0 Å². The minimum Gasteiger partial charge on any atom is -0.392 e. The fraction of sp³-hybridized carbons (Fsp3) is 0.720. The van der Waals surface area contributed by atoms with Gasteiger partial charge in [0, 0.05) is 26.4 Å². The molecule has 29 heavy (non-hydrogen) atoms.